The van der Waals surface area contributed by atoms with Crippen LogP contribution in [0.5, 0.6) is 0 Å². The minimum absolute atomic E-state index is 0.156. The fraction of sp³-hybridized carbons (Fsp3) is 0.273. The minimum Gasteiger partial charge on any atom is -0.206 e. The highest BCUT2D eigenvalue weighted by Crippen LogP contribution is 2.13. The molecule has 0 aliphatic heterocycles. The third-order valence-corrected chi connectivity index (χ3v) is 1.87. The first-order chi connectivity index (χ1) is 6.15. The van der Waals surface area contributed by atoms with Gasteiger partial charge in [0.1, 0.15) is 5.82 Å². The number of rotatable bonds is 0. The summed E-state index contributed by atoms with van der Waals surface area (Å²) in [7, 11) is 0. The minimum atomic E-state index is -0.156. The first-order valence-electron chi connectivity index (χ1n) is 3.96. The molecule has 2 heteroatoms. The lowest BCUT2D eigenvalue weighted by Gasteiger charge is -2.01. The third-order valence-electron chi connectivity index (χ3n) is 1.74. The SMILES string of the molecule is Cc1cc(C#CCCl)cc(C)c1F. The molecule has 0 nitrogen and oxygen atoms in total. The molecule has 13 heavy (non-hydrogen) atoms. The van der Waals surface area contributed by atoms with E-state index < -0.39 is 0 Å². The fourth-order valence-corrected chi connectivity index (χ4v) is 1.22. The van der Waals surface area contributed by atoms with Gasteiger partial charge in [-0.2, -0.15) is 0 Å². The zero-order valence-corrected chi connectivity index (χ0v) is 8.37. The summed E-state index contributed by atoms with van der Waals surface area (Å²) < 4.78 is 13.2. The normalized spacial score (nSPS) is 9.23. The third kappa shape index (κ3) is 2.47. The molecule has 0 saturated heterocycles. The Morgan fingerprint density at radius 1 is 1.31 bits per heavy atom. The fourth-order valence-electron chi connectivity index (χ4n) is 1.15. The smallest absolute Gasteiger partial charge is 0.129 e. The molecule has 0 fully saturated rings. The van der Waals surface area contributed by atoms with Crippen LogP contribution in [0, 0.1) is 31.5 Å². The molecule has 0 atom stereocenters. The molecule has 0 spiro atoms. The van der Waals surface area contributed by atoms with Crippen molar-refractivity contribution >= 4 is 11.6 Å². The van der Waals surface area contributed by atoms with E-state index in [0.717, 1.165) is 5.56 Å². The van der Waals surface area contributed by atoms with Gasteiger partial charge in [-0.25, -0.2) is 4.39 Å². The van der Waals surface area contributed by atoms with Crippen molar-refractivity contribution in [3.05, 3.63) is 34.6 Å². The van der Waals surface area contributed by atoms with Crippen molar-refractivity contribution in [2.45, 2.75) is 13.8 Å². The van der Waals surface area contributed by atoms with E-state index in [1.165, 1.54) is 0 Å². The van der Waals surface area contributed by atoms with Gasteiger partial charge in [-0.3, -0.25) is 0 Å². The van der Waals surface area contributed by atoms with Crippen LogP contribution >= 0.6 is 11.6 Å². The Kier molecular flexibility index (Phi) is 3.33. The average molecular weight is 197 g/mol. The summed E-state index contributed by atoms with van der Waals surface area (Å²) in [6, 6.07) is 3.45. The molecular formula is C11H10ClF. The summed E-state index contributed by atoms with van der Waals surface area (Å²) in [5.74, 6) is 5.73. The second-order valence-electron chi connectivity index (χ2n) is 2.86. The van der Waals surface area contributed by atoms with E-state index in [1.54, 1.807) is 26.0 Å². The van der Waals surface area contributed by atoms with Gasteiger partial charge in [0.2, 0.25) is 0 Å². The van der Waals surface area contributed by atoms with Crippen LogP contribution in [-0.4, -0.2) is 5.88 Å². The van der Waals surface area contributed by atoms with E-state index >= 15 is 0 Å². The zero-order valence-electron chi connectivity index (χ0n) is 7.62. The van der Waals surface area contributed by atoms with Crippen LogP contribution in [0.4, 0.5) is 4.39 Å². The largest absolute Gasteiger partial charge is 0.206 e. The lowest BCUT2D eigenvalue weighted by atomic mass is 10.1. The Morgan fingerprint density at radius 3 is 2.31 bits per heavy atom. The van der Waals surface area contributed by atoms with Crippen LogP contribution in [0.15, 0.2) is 12.1 Å². The molecule has 1 aromatic rings. The monoisotopic (exact) mass is 196 g/mol. The second-order valence-corrected chi connectivity index (χ2v) is 3.13. The predicted octanol–water partition coefficient (Wildman–Crippen LogP) is 3.03. The molecule has 0 radical (unpaired) electrons. The zero-order chi connectivity index (χ0) is 9.84. The summed E-state index contributed by atoms with van der Waals surface area (Å²) in [4.78, 5) is 0. The number of alkyl halides is 1. The number of benzene rings is 1. The molecule has 0 aliphatic carbocycles. The van der Waals surface area contributed by atoms with Crippen molar-refractivity contribution in [3.63, 3.8) is 0 Å². The van der Waals surface area contributed by atoms with Gasteiger partial charge in [0.25, 0.3) is 0 Å². The number of halogens is 2. The van der Waals surface area contributed by atoms with Crippen molar-refractivity contribution in [2.24, 2.45) is 0 Å². The van der Waals surface area contributed by atoms with E-state index in [0.29, 0.717) is 17.0 Å². The molecule has 1 aromatic carbocycles. The van der Waals surface area contributed by atoms with Gasteiger partial charge in [0, 0.05) is 5.56 Å². The predicted molar refractivity (Wildman–Crippen MR) is 53.5 cm³/mol. The Bertz CT molecular complexity index is 348. The number of aryl methyl sites for hydroxylation is 2. The van der Waals surface area contributed by atoms with Gasteiger partial charge in [0.15, 0.2) is 0 Å². The Balaban J connectivity index is 3.13. The van der Waals surface area contributed by atoms with E-state index in [9.17, 15) is 4.39 Å². The van der Waals surface area contributed by atoms with Gasteiger partial charge >= 0.3 is 0 Å². The Hall–Kier alpha value is -1.00. The van der Waals surface area contributed by atoms with Gasteiger partial charge in [-0.05, 0) is 37.1 Å². The second kappa shape index (κ2) is 4.30. The van der Waals surface area contributed by atoms with Gasteiger partial charge in [0.05, 0.1) is 5.88 Å². The highest BCUT2D eigenvalue weighted by molar-refractivity contribution is 6.19. The van der Waals surface area contributed by atoms with Gasteiger partial charge < -0.3 is 0 Å². The topological polar surface area (TPSA) is 0 Å². The molecule has 0 aliphatic rings. The van der Waals surface area contributed by atoms with E-state index in [-0.39, 0.29) is 5.82 Å². The molecule has 0 saturated carbocycles. The van der Waals surface area contributed by atoms with E-state index in [4.69, 9.17) is 11.6 Å². The summed E-state index contributed by atoms with van der Waals surface area (Å²) in [5.41, 5.74) is 2.06. The molecule has 0 aromatic heterocycles. The van der Waals surface area contributed by atoms with Crippen LogP contribution in [0.1, 0.15) is 16.7 Å². The van der Waals surface area contributed by atoms with Crippen LogP contribution in [0.25, 0.3) is 0 Å². The van der Waals surface area contributed by atoms with Crippen molar-refractivity contribution < 1.29 is 4.39 Å². The summed E-state index contributed by atoms with van der Waals surface area (Å²) in [5, 5.41) is 0. The van der Waals surface area contributed by atoms with Crippen LogP contribution in [0.2, 0.25) is 0 Å². The van der Waals surface area contributed by atoms with Crippen LogP contribution in [0.3, 0.4) is 0 Å². The van der Waals surface area contributed by atoms with Crippen molar-refractivity contribution in [2.75, 3.05) is 5.88 Å². The van der Waals surface area contributed by atoms with E-state index in [2.05, 4.69) is 11.8 Å². The molecule has 0 heterocycles. The maximum Gasteiger partial charge on any atom is 0.129 e. The molecule has 68 valence electrons. The van der Waals surface area contributed by atoms with E-state index in [1.807, 2.05) is 0 Å². The summed E-state index contributed by atoms with van der Waals surface area (Å²) >= 11 is 5.41. The van der Waals surface area contributed by atoms with Crippen LogP contribution in [-0.2, 0) is 0 Å². The lowest BCUT2D eigenvalue weighted by Crippen LogP contribution is -1.89. The van der Waals surface area contributed by atoms with Crippen molar-refractivity contribution in [1.29, 1.82) is 0 Å². The highest BCUT2D eigenvalue weighted by atomic mass is 35.5. The molecule has 0 amide bonds. The Morgan fingerprint density at radius 2 is 1.85 bits per heavy atom. The quantitative estimate of drug-likeness (QED) is 0.442. The Labute approximate surface area is 82.7 Å². The first-order valence-corrected chi connectivity index (χ1v) is 4.50. The average Bonchev–Trinajstić information content (AvgIpc) is 2.10. The lowest BCUT2D eigenvalue weighted by molar-refractivity contribution is 0.609. The molecule has 0 N–H and O–H groups in total. The number of hydrogen-bond donors (Lipinski definition) is 0. The maximum absolute atomic E-state index is 13.2. The number of hydrogen-bond acceptors (Lipinski definition) is 0. The van der Waals surface area contributed by atoms with Gasteiger partial charge in [-0.15, -0.1) is 11.6 Å². The van der Waals surface area contributed by atoms with Crippen LogP contribution < -0.4 is 0 Å². The maximum atomic E-state index is 13.2. The van der Waals surface area contributed by atoms with Gasteiger partial charge in [-0.1, -0.05) is 11.8 Å². The summed E-state index contributed by atoms with van der Waals surface area (Å²) in [6.07, 6.45) is 0. The van der Waals surface area contributed by atoms with Crippen molar-refractivity contribution in [1.82, 2.24) is 0 Å². The standard InChI is InChI=1S/C11H10ClF/c1-8-6-10(4-3-5-12)7-9(2)11(8)13/h6-7H,5H2,1-2H3. The first kappa shape index (κ1) is 10.1. The highest BCUT2D eigenvalue weighted by Gasteiger charge is 2.01. The molecular weight excluding hydrogens is 187 g/mol. The molecule has 0 bridgehead atoms. The summed E-state index contributed by atoms with van der Waals surface area (Å²) in [6.45, 7) is 3.46. The van der Waals surface area contributed by atoms with Crippen molar-refractivity contribution in [3.8, 4) is 11.8 Å². The molecule has 0 unspecified atom stereocenters. The molecule has 1 rings (SSSR count).